The van der Waals surface area contributed by atoms with E-state index in [1.165, 1.54) is 0 Å². The van der Waals surface area contributed by atoms with E-state index in [0.717, 1.165) is 48.2 Å². The number of nitrogens with one attached hydrogen (secondary N) is 1. The molecule has 1 fully saturated rings. The molecule has 0 aliphatic heterocycles. The van der Waals surface area contributed by atoms with Crippen molar-refractivity contribution in [1.29, 1.82) is 5.26 Å². The second-order valence-electron chi connectivity index (χ2n) is 5.34. The number of pyridine rings is 1. The number of aromatic amines is 1. The number of H-pyrrole nitrogens is 1. The van der Waals surface area contributed by atoms with Gasteiger partial charge >= 0.3 is 0 Å². The van der Waals surface area contributed by atoms with Gasteiger partial charge in [-0.25, -0.2) is 4.98 Å². The second-order valence-corrected chi connectivity index (χ2v) is 5.34. The average molecular weight is 255 g/mol. The van der Waals surface area contributed by atoms with Gasteiger partial charge in [0.25, 0.3) is 0 Å². The number of nitriles is 1. The summed E-state index contributed by atoms with van der Waals surface area (Å²) < 4.78 is 0. The van der Waals surface area contributed by atoms with Gasteiger partial charge in [0.05, 0.1) is 16.8 Å². The van der Waals surface area contributed by atoms with E-state index in [0.29, 0.717) is 11.5 Å². The Labute approximate surface area is 111 Å². The molecular formula is C14H17N5. The van der Waals surface area contributed by atoms with Crippen LogP contribution in [0.15, 0.2) is 6.20 Å². The zero-order valence-electron chi connectivity index (χ0n) is 11.0. The molecule has 2 aromatic rings. The minimum absolute atomic E-state index is 0.265. The molecule has 5 nitrogen and oxygen atoms in total. The van der Waals surface area contributed by atoms with E-state index >= 15 is 0 Å². The third-order valence-electron chi connectivity index (χ3n) is 3.95. The quantitative estimate of drug-likeness (QED) is 0.816. The Balaban J connectivity index is 2.06. The van der Waals surface area contributed by atoms with Crippen LogP contribution >= 0.6 is 0 Å². The first-order chi connectivity index (χ1) is 9.19. The van der Waals surface area contributed by atoms with Crippen molar-refractivity contribution >= 4 is 11.0 Å². The molecule has 5 heteroatoms. The number of nitrogens with two attached hydrogens (primary N) is 1. The topological polar surface area (TPSA) is 91.4 Å². The highest BCUT2D eigenvalue weighted by Crippen LogP contribution is 2.32. The summed E-state index contributed by atoms with van der Waals surface area (Å²) in [5.74, 6) is 1.33. The van der Waals surface area contributed by atoms with E-state index in [1.807, 2.05) is 6.92 Å². The first-order valence-corrected chi connectivity index (χ1v) is 6.70. The molecule has 0 saturated heterocycles. The summed E-state index contributed by atoms with van der Waals surface area (Å²) in [7, 11) is 0. The fourth-order valence-electron chi connectivity index (χ4n) is 2.89. The predicted molar refractivity (Wildman–Crippen MR) is 72.5 cm³/mol. The van der Waals surface area contributed by atoms with E-state index in [4.69, 9.17) is 11.0 Å². The van der Waals surface area contributed by atoms with Gasteiger partial charge in [0.1, 0.15) is 17.4 Å². The molecule has 0 bridgehead atoms. The molecule has 2 aromatic heterocycles. The van der Waals surface area contributed by atoms with Crippen molar-refractivity contribution < 1.29 is 0 Å². The lowest BCUT2D eigenvalue weighted by Crippen LogP contribution is -2.27. The number of aromatic nitrogens is 3. The number of imidazole rings is 1. The third-order valence-corrected chi connectivity index (χ3v) is 3.95. The van der Waals surface area contributed by atoms with E-state index in [2.05, 4.69) is 21.0 Å². The molecule has 19 heavy (non-hydrogen) atoms. The van der Waals surface area contributed by atoms with Gasteiger partial charge in [0.15, 0.2) is 0 Å². The number of aryl methyl sites for hydroxylation is 1. The van der Waals surface area contributed by atoms with Crippen molar-refractivity contribution in [3.63, 3.8) is 0 Å². The molecule has 2 atom stereocenters. The Hall–Kier alpha value is -1.93. The Bertz CT molecular complexity index is 652. The lowest BCUT2D eigenvalue weighted by Gasteiger charge is -2.24. The van der Waals surface area contributed by atoms with Crippen LogP contribution in [0, 0.1) is 18.3 Å². The van der Waals surface area contributed by atoms with E-state index in [-0.39, 0.29) is 6.04 Å². The summed E-state index contributed by atoms with van der Waals surface area (Å²) in [6.07, 6.45) is 5.91. The Morgan fingerprint density at radius 3 is 3.05 bits per heavy atom. The largest absolute Gasteiger partial charge is 0.340 e. The lowest BCUT2D eigenvalue weighted by molar-refractivity contribution is 0.384. The highest BCUT2D eigenvalue weighted by atomic mass is 14.9. The zero-order valence-corrected chi connectivity index (χ0v) is 11.0. The fraction of sp³-hybridized carbons (Fsp3) is 0.500. The van der Waals surface area contributed by atoms with Crippen LogP contribution in [0.2, 0.25) is 0 Å². The van der Waals surface area contributed by atoms with E-state index in [9.17, 15) is 0 Å². The minimum Gasteiger partial charge on any atom is -0.340 e. The van der Waals surface area contributed by atoms with Crippen molar-refractivity contribution in [3.05, 3.63) is 23.3 Å². The molecule has 1 saturated carbocycles. The van der Waals surface area contributed by atoms with Crippen LogP contribution in [-0.4, -0.2) is 21.0 Å². The predicted octanol–water partition coefficient (Wildman–Crippen LogP) is 2.12. The van der Waals surface area contributed by atoms with E-state index in [1.54, 1.807) is 6.20 Å². The van der Waals surface area contributed by atoms with Crippen LogP contribution in [0.3, 0.4) is 0 Å². The second kappa shape index (κ2) is 4.63. The molecule has 0 aromatic carbocycles. The van der Waals surface area contributed by atoms with Gasteiger partial charge in [0, 0.05) is 18.2 Å². The van der Waals surface area contributed by atoms with Crippen molar-refractivity contribution in [2.24, 2.45) is 5.73 Å². The van der Waals surface area contributed by atoms with Crippen LogP contribution in [0.5, 0.6) is 0 Å². The summed E-state index contributed by atoms with van der Waals surface area (Å²) >= 11 is 0. The molecule has 3 N–H and O–H groups in total. The molecule has 98 valence electrons. The van der Waals surface area contributed by atoms with Gasteiger partial charge in [-0.15, -0.1) is 0 Å². The summed E-state index contributed by atoms with van der Waals surface area (Å²) in [5, 5.41) is 9.12. The summed E-state index contributed by atoms with van der Waals surface area (Å²) in [6, 6.07) is 2.42. The summed E-state index contributed by atoms with van der Waals surface area (Å²) in [4.78, 5) is 12.2. The number of fused-ring (bicyclic) bond motifs is 1. The van der Waals surface area contributed by atoms with Crippen molar-refractivity contribution in [2.45, 2.75) is 44.6 Å². The molecule has 0 unspecified atom stereocenters. The maximum absolute atomic E-state index is 9.12. The highest BCUT2D eigenvalue weighted by Gasteiger charge is 2.24. The van der Waals surface area contributed by atoms with Gasteiger partial charge in [-0.05, 0) is 26.2 Å². The molecule has 0 amide bonds. The smallest absolute Gasteiger partial charge is 0.110 e. The molecule has 3 rings (SSSR count). The average Bonchev–Trinajstić information content (AvgIpc) is 2.85. The SMILES string of the molecule is Cc1ncc(C#N)c2nc([C@H]3CCC[C@@H](N)C3)[nH]c12. The van der Waals surface area contributed by atoms with Gasteiger partial charge in [-0.2, -0.15) is 5.26 Å². The molecular weight excluding hydrogens is 238 g/mol. The summed E-state index contributed by atoms with van der Waals surface area (Å²) in [6.45, 7) is 1.93. The van der Waals surface area contributed by atoms with Crippen molar-refractivity contribution in [3.8, 4) is 6.07 Å². The highest BCUT2D eigenvalue weighted by molar-refractivity contribution is 5.82. The number of hydrogen-bond donors (Lipinski definition) is 2. The summed E-state index contributed by atoms with van der Waals surface area (Å²) in [5.41, 5.74) is 9.07. The Kier molecular flexibility index (Phi) is 2.96. The molecule has 0 radical (unpaired) electrons. The van der Waals surface area contributed by atoms with Gasteiger partial charge < -0.3 is 10.7 Å². The van der Waals surface area contributed by atoms with Gasteiger partial charge in [-0.3, -0.25) is 4.98 Å². The van der Waals surface area contributed by atoms with Crippen LogP contribution in [0.25, 0.3) is 11.0 Å². The van der Waals surface area contributed by atoms with Crippen LogP contribution < -0.4 is 5.73 Å². The van der Waals surface area contributed by atoms with E-state index < -0.39 is 0 Å². The lowest BCUT2D eigenvalue weighted by atomic mass is 9.86. The van der Waals surface area contributed by atoms with Crippen molar-refractivity contribution in [2.75, 3.05) is 0 Å². The fourth-order valence-corrected chi connectivity index (χ4v) is 2.89. The molecule has 2 heterocycles. The minimum atomic E-state index is 0.265. The maximum Gasteiger partial charge on any atom is 0.110 e. The van der Waals surface area contributed by atoms with Crippen LogP contribution in [0.4, 0.5) is 0 Å². The monoisotopic (exact) mass is 255 g/mol. The molecule has 1 aliphatic rings. The van der Waals surface area contributed by atoms with Crippen molar-refractivity contribution in [1.82, 2.24) is 15.0 Å². The number of rotatable bonds is 1. The van der Waals surface area contributed by atoms with Gasteiger partial charge in [-0.1, -0.05) is 6.42 Å². The standard InChI is InChI=1S/C14H17N5/c1-8-12-13(10(6-15)7-17-8)19-14(18-12)9-3-2-4-11(16)5-9/h7,9,11H,2-5,16H2,1H3,(H,18,19)/t9-,11+/m0/s1. The van der Waals surface area contributed by atoms with Gasteiger partial charge in [0.2, 0.25) is 0 Å². The first-order valence-electron chi connectivity index (χ1n) is 6.70. The van der Waals surface area contributed by atoms with Crippen LogP contribution in [0.1, 0.15) is 48.7 Å². The normalized spacial score (nSPS) is 23.4. The third kappa shape index (κ3) is 2.08. The Morgan fingerprint density at radius 2 is 2.32 bits per heavy atom. The molecule has 0 spiro atoms. The number of hydrogen-bond acceptors (Lipinski definition) is 4. The van der Waals surface area contributed by atoms with Crippen LogP contribution in [-0.2, 0) is 0 Å². The first kappa shape index (κ1) is 12.1. The zero-order chi connectivity index (χ0) is 13.4. The molecule has 1 aliphatic carbocycles. The maximum atomic E-state index is 9.12. The number of nitrogens with zero attached hydrogens (tertiary/aromatic N) is 3. The Morgan fingerprint density at radius 1 is 1.47 bits per heavy atom.